The molecule has 0 aliphatic heterocycles. The van der Waals surface area contributed by atoms with Crippen LogP contribution in [0.4, 0.5) is 0 Å². The zero-order valence-electron chi connectivity index (χ0n) is 9.05. The van der Waals surface area contributed by atoms with E-state index in [1.165, 1.54) is 0 Å². The van der Waals surface area contributed by atoms with E-state index in [0.29, 0.717) is 5.57 Å². The van der Waals surface area contributed by atoms with Crippen molar-refractivity contribution in [1.29, 1.82) is 0 Å². The molecule has 2 nitrogen and oxygen atoms in total. The van der Waals surface area contributed by atoms with Crippen molar-refractivity contribution in [3.05, 3.63) is 36.5 Å². The van der Waals surface area contributed by atoms with E-state index in [1.807, 2.05) is 6.92 Å². The number of unbranched alkanes of at least 4 members (excludes halogenated alkanes) is 1. The molecular weight excluding hydrogens is 174 g/mol. The van der Waals surface area contributed by atoms with Crippen LogP contribution in [0.5, 0.6) is 0 Å². The second-order valence-corrected chi connectivity index (χ2v) is 2.95. The van der Waals surface area contributed by atoms with Crippen molar-refractivity contribution in [3.8, 4) is 0 Å². The molecule has 0 heterocycles. The van der Waals surface area contributed by atoms with E-state index in [2.05, 4.69) is 18.8 Å². The summed E-state index contributed by atoms with van der Waals surface area (Å²) in [6, 6.07) is 0. The summed E-state index contributed by atoms with van der Waals surface area (Å²) in [7, 11) is 0. The van der Waals surface area contributed by atoms with Gasteiger partial charge < -0.3 is 5.32 Å². The minimum absolute atomic E-state index is 0.0148. The van der Waals surface area contributed by atoms with Crippen LogP contribution in [0.3, 0.4) is 0 Å². The largest absolute Gasteiger partial charge is 0.352 e. The lowest BCUT2D eigenvalue weighted by atomic mass is 10.2. The van der Waals surface area contributed by atoms with Gasteiger partial charge in [-0.1, -0.05) is 38.2 Å². The van der Waals surface area contributed by atoms with Gasteiger partial charge in [0, 0.05) is 12.1 Å². The van der Waals surface area contributed by atoms with E-state index in [0.717, 1.165) is 19.4 Å². The van der Waals surface area contributed by atoms with Crippen molar-refractivity contribution < 1.29 is 4.79 Å². The van der Waals surface area contributed by atoms with Crippen LogP contribution < -0.4 is 5.32 Å². The maximum Gasteiger partial charge on any atom is 0.250 e. The first-order valence-corrected chi connectivity index (χ1v) is 4.99. The molecule has 0 radical (unpaired) electrons. The monoisotopic (exact) mass is 193 g/mol. The second-order valence-electron chi connectivity index (χ2n) is 2.95. The summed E-state index contributed by atoms with van der Waals surface area (Å²) in [5.41, 5.74) is 0.681. The molecule has 0 saturated heterocycles. The number of hydrogen-bond acceptors (Lipinski definition) is 1. The van der Waals surface area contributed by atoms with Crippen molar-refractivity contribution in [2.75, 3.05) is 6.54 Å². The van der Waals surface area contributed by atoms with Gasteiger partial charge in [-0.05, 0) is 19.4 Å². The molecular formula is C12H19NO. The number of rotatable bonds is 6. The van der Waals surface area contributed by atoms with Crippen LogP contribution >= 0.6 is 0 Å². The highest BCUT2D eigenvalue weighted by atomic mass is 16.1. The molecule has 2 heteroatoms. The second kappa shape index (κ2) is 8.30. The Labute approximate surface area is 86.4 Å². The molecule has 0 saturated carbocycles. The first kappa shape index (κ1) is 12.7. The van der Waals surface area contributed by atoms with Gasteiger partial charge in [0.25, 0.3) is 5.91 Å². The van der Waals surface area contributed by atoms with Gasteiger partial charge in [0.1, 0.15) is 0 Å². The van der Waals surface area contributed by atoms with Crippen molar-refractivity contribution in [1.82, 2.24) is 5.32 Å². The SMILES string of the molecule is C=C/C=C\C(=C/C)C(=O)NCCCC. The fourth-order valence-corrected chi connectivity index (χ4v) is 0.955. The molecule has 0 aromatic heterocycles. The Morgan fingerprint density at radius 1 is 1.50 bits per heavy atom. The van der Waals surface area contributed by atoms with Gasteiger partial charge in [-0.3, -0.25) is 4.79 Å². The van der Waals surface area contributed by atoms with Gasteiger partial charge in [-0.25, -0.2) is 0 Å². The van der Waals surface area contributed by atoms with Gasteiger partial charge >= 0.3 is 0 Å². The molecule has 0 bridgehead atoms. The van der Waals surface area contributed by atoms with Crippen molar-refractivity contribution >= 4 is 5.91 Å². The molecule has 0 aromatic carbocycles. The van der Waals surface area contributed by atoms with Crippen molar-refractivity contribution in [2.24, 2.45) is 0 Å². The van der Waals surface area contributed by atoms with Crippen LogP contribution in [0.25, 0.3) is 0 Å². The fourth-order valence-electron chi connectivity index (χ4n) is 0.955. The zero-order chi connectivity index (χ0) is 10.8. The highest BCUT2D eigenvalue weighted by molar-refractivity contribution is 5.96. The van der Waals surface area contributed by atoms with E-state index in [9.17, 15) is 4.79 Å². The van der Waals surface area contributed by atoms with Crippen LogP contribution in [0, 0.1) is 0 Å². The van der Waals surface area contributed by atoms with Crippen LogP contribution in [0.1, 0.15) is 26.7 Å². The van der Waals surface area contributed by atoms with Crippen molar-refractivity contribution in [3.63, 3.8) is 0 Å². The smallest absolute Gasteiger partial charge is 0.250 e. The van der Waals surface area contributed by atoms with Crippen molar-refractivity contribution in [2.45, 2.75) is 26.7 Å². The molecule has 78 valence electrons. The summed E-state index contributed by atoms with van der Waals surface area (Å²) in [4.78, 5) is 11.5. The summed E-state index contributed by atoms with van der Waals surface area (Å²) < 4.78 is 0. The predicted molar refractivity (Wildman–Crippen MR) is 61.0 cm³/mol. The highest BCUT2D eigenvalue weighted by Crippen LogP contribution is 1.97. The third-order valence-electron chi connectivity index (χ3n) is 1.80. The maximum atomic E-state index is 11.5. The number of allylic oxidation sites excluding steroid dienone is 3. The zero-order valence-corrected chi connectivity index (χ0v) is 9.05. The number of nitrogens with one attached hydrogen (secondary N) is 1. The number of carbonyl (C=O) groups excluding carboxylic acids is 1. The minimum Gasteiger partial charge on any atom is -0.352 e. The molecule has 0 unspecified atom stereocenters. The third-order valence-corrected chi connectivity index (χ3v) is 1.80. The Hall–Kier alpha value is -1.31. The summed E-state index contributed by atoms with van der Waals surface area (Å²) in [6.45, 7) is 8.25. The molecule has 0 spiro atoms. The maximum absolute atomic E-state index is 11.5. The molecule has 0 fully saturated rings. The standard InChI is InChI=1S/C12H19NO/c1-4-7-9-11(6-3)12(14)13-10-8-5-2/h4,6-7,9H,1,5,8,10H2,2-3H3,(H,13,14)/b9-7-,11-6+. The minimum atomic E-state index is -0.0148. The van der Waals surface area contributed by atoms with Gasteiger partial charge in [0.05, 0.1) is 0 Å². The summed E-state index contributed by atoms with van der Waals surface area (Å²) in [5, 5.41) is 2.85. The van der Waals surface area contributed by atoms with Gasteiger partial charge in [-0.15, -0.1) is 0 Å². The Morgan fingerprint density at radius 2 is 2.21 bits per heavy atom. The van der Waals surface area contributed by atoms with Gasteiger partial charge in [0.2, 0.25) is 0 Å². The highest BCUT2D eigenvalue weighted by Gasteiger charge is 2.02. The van der Waals surface area contributed by atoms with E-state index in [4.69, 9.17) is 0 Å². The average molecular weight is 193 g/mol. The third kappa shape index (κ3) is 5.36. The summed E-state index contributed by atoms with van der Waals surface area (Å²) >= 11 is 0. The Kier molecular flexibility index (Phi) is 7.52. The predicted octanol–water partition coefficient (Wildman–Crippen LogP) is 2.59. The normalized spacial score (nSPS) is 11.7. The first-order chi connectivity index (χ1) is 6.76. The van der Waals surface area contributed by atoms with Crippen LogP contribution in [0.2, 0.25) is 0 Å². The average Bonchev–Trinajstić information content (AvgIpc) is 2.19. The molecule has 0 aliphatic rings. The van der Waals surface area contributed by atoms with E-state index < -0.39 is 0 Å². The molecule has 1 N–H and O–H groups in total. The fraction of sp³-hybridized carbons (Fsp3) is 0.417. The van der Waals surface area contributed by atoms with E-state index >= 15 is 0 Å². The lowest BCUT2D eigenvalue weighted by molar-refractivity contribution is -0.117. The molecule has 1 amide bonds. The molecule has 0 atom stereocenters. The van der Waals surface area contributed by atoms with Crippen LogP contribution in [-0.2, 0) is 4.79 Å². The van der Waals surface area contributed by atoms with Gasteiger partial charge in [-0.2, -0.15) is 0 Å². The topological polar surface area (TPSA) is 29.1 Å². The van der Waals surface area contributed by atoms with Crippen LogP contribution in [-0.4, -0.2) is 12.5 Å². The molecule has 0 aliphatic carbocycles. The molecule has 14 heavy (non-hydrogen) atoms. The summed E-state index contributed by atoms with van der Waals surface area (Å²) in [6.07, 6.45) is 9.08. The molecule has 0 aromatic rings. The van der Waals surface area contributed by atoms with E-state index in [-0.39, 0.29) is 5.91 Å². The quantitative estimate of drug-likeness (QED) is 0.392. The Balaban J connectivity index is 4.06. The van der Waals surface area contributed by atoms with E-state index in [1.54, 1.807) is 24.3 Å². The first-order valence-electron chi connectivity index (χ1n) is 4.99. The number of hydrogen-bond donors (Lipinski definition) is 1. The Morgan fingerprint density at radius 3 is 2.71 bits per heavy atom. The number of amides is 1. The van der Waals surface area contributed by atoms with Crippen LogP contribution in [0.15, 0.2) is 36.5 Å². The Bertz CT molecular complexity index is 239. The lowest BCUT2D eigenvalue weighted by Crippen LogP contribution is -2.25. The lowest BCUT2D eigenvalue weighted by Gasteiger charge is -2.03. The van der Waals surface area contributed by atoms with Gasteiger partial charge in [0.15, 0.2) is 0 Å². The molecule has 0 rings (SSSR count). The summed E-state index contributed by atoms with van der Waals surface area (Å²) in [5.74, 6) is -0.0148. The number of carbonyl (C=O) groups is 1.